The Morgan fingerprint density at radius 1 is 1.39 bits per heavy atom. The van der Waals surface area contributed by atoms with E-state index in [1.165, 1.54) is 5.56 Å². The van der Waals surface area contributed by atoms with E-state index in [1.807, 2.05) is 31.2 Å². The van der Waals surface area contributed by atoms with Crippen LogP contribution in [0.5, 0.6) is 0 Å². The highest BCUT2D eigenvalue weighted by Gasteiger charge is 2.41. The van der Waals surface area contributed by atoms with Crippen molar-refractivity contribution in [2.45, 2.75) is 19.8 Å². The molecule has 1 aliphatic rings. The number of halogens is 1. The van der Waals surface area contributed by atoms with Gasteiger partial charge in [-0.2, -0.15) is 0 Å². The summed E-state index contributed by atoms with van der Waals surface area (Å²) in [7, 11) is 0. The second kappa shape index (κ2) is 4.96. The summed E-state index contributed by atoms with van der Waals surface area (Å²) in [6.07, 6.45) is 0.736. The Morgan fingerprint density at radius 3 is 2.50 bits per heavy atom. The number of anilines is 1. The fraction of sp³-hybridized carbons (Fsp3) is 0.500. The van der Waals surface area contributed by atoms with Gasteiger partial charge in [-0.15, -0.1) is 0 Å². The average molecular weight is 251 g/mol. The topological polar surface area (TPSA) is 40.5 Å². The summed E-state index contributed by atoms with van der Waals surface area (Å²) in [5, 5.41) is 9.14. The SMILES string of the molecule is Cc1ccccc1N1CCC(CF)(C(=O)O)CC1. The van der Waals surface area contributed by atoms with Crippen LogP contribution >= 0.6 is 0 Å². The number of piperidine rings is 1. The first-order valence-corrected chi connectivity index (χ1v) is 6.19. The molecule has 1 aromatic rings. The molecule has 3 nitrogen and oxygen atoms in total. The Bertz CT molecular complexity index is 439. The van der Waals surface area contributed by atoms with Gasteiger partial charge >= 0.3 is 5.97 Å². The molecule has 0 aliphatic carbocycles. The van der Waals surface area contributed by atoms with Crippen molar-refractivity contribution < 1.29 is 14.3 Å². The van der Waals surface area contributed by atoms with Crippen LogP contribution in [0.1, 0.15) is 18.4 Å². The second-order valence-electron chi connectivity index (χ2n) is 4.99. The predicted molar refractivity (Wildman–Crippen MR) is 68.7 cm³/mol. The normalized spacial score (nSPS) is 18.7. The third-order valence-electron chi connectivity index (χ3n) is 3.89. The van der Waals surface area contributed by atoms with Crippen molar-refractivity contribution in [2.75, 3.05) is 24.7 Å². The molecule has 0 radical (unpaired) electrons. The molecule has 0 bridgehead atoms. The van der Waals surface area contributed by atoms with Gasteiger partial charge in [-0.05, 0) is 31.4 Å². The molecule has 1 saturated heterocycles. The maximum absolute atomic E-state index is 13.0. The standard InChI is InChI=1S/C14H18FNO2/c1-11-4-2-3-5-12(11)16-8-6-14(10-15,7-9-16)13(17)18/h2-5H,6-10H2,1H3,(H,17,18). The van der Waals surface area contributed by atoms with Crippen molar-refractivity contribution in [3.63, 3.8) is 0 Å². The lowest BCUT2D eigenvalue weighted by Gasteiger charge is -2.38. The van der Waals surface area contributed by atoms with Crippen LogP contribution < -0.4 is 4.90 Å². The van der Waals surface area contributed by atoms with E-state index in [2.05, 4.69) is 4.90 Å². The van der Waals surface area contributed by atoms with Crippen molar-refractivity contribution in [3.8, 4) is 0 Å². The molecule has 0 unspecified atom stereocenters. The first-order chi connectivity index (χ1) is 8.59. The van der Waals surface area contributed by atoms with Crippen LogP contribution in [0.3, 0.4) is 0 Å². The van der Waals surface area contributed by atoms with Gasteiger partial charge in [0.05, 0.1) is 5.41 Å². The number of rotatable bonds is 3. The molecule has 1 N–H and O–H groups in total. The number of para-hydroxylation sites is 1. The predicted octanol–water partition coefficient (Wildman–Crippen LogP) is 2.64. The van der Waals surface area contributed by atoms with E-state index >= 15 is 0 Å². The molecule has 4 heteroatoms. The van der Waals surface area contributed by atoms with E-state index in [0.29, 0.717) is 25.9 Å². The van der Waals surface area contributed by atoms with Gasteiger partial charge in [0.15, 0.2) is 0 Å². The van der Waals surface area contributed by atoms with Crippen LogP contribution in [0.25, 0.3) is 0 Å². The van der Waals surface area contributed by atoms with Crippen molar-refractivity contribution in [1.82, 2.24) is 0 Å². The molecule has 1 heterocycles. The Hall–Kier alpha value is -1.58. The fourth-order valence-electron chi connectivity index (χ4n) is 2.50. The zero-order chi connectivity index (χ0) is 13.2. The molecule has 0 spiro atoms. The molecule has 18 heavy (non-hydrogen) atoms. The minimum absolute atomic E-state index is 0.368. The van der Waals surface area contributed by atoms with Gasteiger partial charge in [-0.3, -0.25) is 4.79 Å². The van der Waals surface area contributed by atoms with Gasteiger partial charge in [0.25, 0.3) is 0 Å². The first kappa shape index (κ1) is 12.9. The number of carboxylic acid groups (broad SMARTS) is 1. The second-order valence-corrected chi connectivity index (χ2v) is 4.99. The number of carbonyl (C=O) groups is 1. The van der Waals surface area contributed by atoms with Crippen molar-refractivity contribution in [1.29, 1.82) is 0 Å². The first-order valence-electron chi connectivity index (χ1n) is 6.19. The van der Waals surface area contributed by atoms with Gasteiger partial charge in [0.2, 0.25) is 0 Å². The van der Waals surface area contributed by atoms with Gasteiger partial charge in [0.1, 0.15) is 6.67 Å². The summed E-state index contributed by atoms with van der Waals surface area (Å²) in [4.78, 5) is 13.3. The van der Waals surface area contributed by atoms with Crippen molar-refractivity contribution in [3.05, 3.63) is 29.8 Å². The Labute approximate surface area is 106 Å². The molecule has 2 rings (SSSR count). The third-order valence-corrected chi connectivity index (χ3v) is 3.89. The summed E-state index contributed by atoms with van der Waals surface area (Å²) in [6, 6.07) is 8.00. The van der Waals surface area contributed by atoms with Crippen molar-refractivity contribution in [2.24, 2.45) is 5.41 Å². The highest BCUT2D eigenvalue weighted by atomic mass is 19.1. The lowest BCUT2D eigenvalue weighted by Crippen LogP contribution is -2.46. The minimum Gasteiger partial charge on any atom is -0.481 e. The van der Waals surface area contributed by atoms with E-state index in [4.69, 9.17) is 5.11 Å². The largest absolute Gasteiger partial charge is 0.481 e. The molecule has 0 atom stereocenters. The Balaban J connectivity index is 2.11. The summed E-state index contributed by atoms with van der Waals surface area (Å²) in [5.74, 6) is -1.01. The molecular weight excluding hydrogens is 233 g/mol. The zero-order valence-electron chi connectivity index (χ0n) is 10.5. The maximum Gasteiger partial charge on any atom is 0.312 e. The minimum atomic E-state index is -1.17. The summed E-state index contributed by atoms with van der Waals surface area (Å²) in [5.41, 5.74) is 1.12. The van der Waals surface area contributed by atoms with E-state index in [0.717, 1.165) is 5.69 Å². The third kappa shape index (κ3) is 2.19. The van der Waals surface area contributed by atoms with E-state index in [1.54, 1.807) is 0 Å². The number of hydrogen-bond donors (Lipinski definition) is 1. The van der Waals surface area contributed by atoms with Gasteiger partial charge in [-0.25, -0.2) is 4.39 Å². The van der Waals surface area contributed by atoms with Gasteiger partial charge in [-0.1, -0.05) is 18.2 Å². The summed E-state index contributed by atoms with van der Waals surface area (Å²) in [6.45, 7) is 2.45. The number of hydrogen-bond acceptors (Lipinski definition) is 2. The summed E-state index contributed by atoms with van der Waals surface area (Å²) >= 11 is 0. The van der Waals surface area contributed by atoms with E-state index in [9.17, 15) is 9.18 Å². The van der Waals surface area contributed by atoms with Crippen LogP contribution in [-0.2, 0) is 4.79 Å². The number of aliphatic carboxylic acids is 1. The zero-order valence-corrected chi connectivity index (χ0v) is 10.5. The lowest BCUT2D eigenvalue weighted by molar-refractivity contribution is -0.151. The molecule has 98 valence electrons. The van der Waals surface area contributed by atoms with Crippen LogP contribution in [0.4, 0.5) is 10.1 Å². The number of benzene rings is 1. The number of nitrogens with zero attached hydrogens (tertiary/aromatic N) is 1. The molecule has 1 aromatic carbocycles. The molecule has 0 aromatic heterocycles. The van der Waals surface area contributed by atoms with Crippen LogP contribution in [-0.4, -0.2) is 30.8 Å². The monoisotopic (exact) mass is 251 g/mol. The van der Waals surface area contributed by atoms with Crippen LogP contribution in [0, 0.1) is 12.3 Å². The van der Waals surface area contributed by atoms with E-state index < -0.39 is 18.1 Å². The molecular formula is C14H18FNO2. The fourth-order valence-corrected chi connectivity index (χ4v) is 2.50. The molecule has 1 aliphatic heterocycles. The Morgan fingerprint density at radius 2 is 2.00 bits per heavy atom. The number of alkyl halides is 1. The van der Waals surface area contributed by atoms with Gasteiger partial charge in [0, 0.05) is 18.8 Å². The van der Waals surface area contributed by atoms with Gasteiger partial charge < -0.3 is 10.0 Å². The Kier molecular flexibility index (Phi) is 3.55. The lowest BCUT2D eigenvalue weighted by atomic mass is 9.79. The van der Waals surface area contributed by atoms with Crippen LogP contribution in [0.15, 0.2) is 24.3 Å². The van der Waals surface area contributed by atoms with Crippen LogP contribution in [0.2, 0.25) is 0 Å². The quantitative estimate of drug-likeness (QED) is 0.897. The molecule has 0 amide bonds. The average Bonchev–Trinajstić information content (AvgIpc) is 2.39. The number of aryl methyl sites for hydroxylation is 1. The summed E-state index contributed by atoms with van der Waals surface area (Å²) < 4.78 is 13.0. The molecule has 0 saturated carbocycles. The van der Waals surface area contributed by atoms with E-state index in [-0.39, 0.29) is 0 Å². The molecule has 1 fully saturated rings. The smallest absolute Gasteiger partial charge is 0.312 e. The highest BCUT2D eigenvalue weighted by Crippen LogP contribution is 2.35. The highest BCUT2D eigenvalue weighted by molar-refractivity contribution is 5.75. The maximum atomic E-state index is 13.0. The van der Waals surface area contributed by atoms with Crippen molar-refractivity contribution >= 4 is 11.7 Å². The number of carboxylic acids is 1.